The molecular formula is C7H14N2OS. The molecule has 0 aromatic rings. The molecule has 0 bridgehead atoms. The van der Waals surface area contributed by atoms with Gasteiger partial charge < -0.3 is 10.1 Å². The number of aliphatic imine (C=N–C) groups is 1. The minimum Gasteiger partial charge on any atom is -0.384 e. The first-order valence-electron chi connectivity index (χ1n) is 3.77. The number of nitrogens with one attached hydrogen (secondary N) is 1. The van der Waals surface area contributed by atoms with Crippen LogP contribution >= 0.6 is 11.8 Å². The molecule has 4 heteroatoms. The van der Waals surface area contributed by atoms with E-state index in [0.717, 1.165) is 24.9 Å². The highest BCUT2D eigenvalue weighted by molar-refractivity contribution is 8.14. The molecule has 64 valence electrons. The van der Waals surface area contributed by atoms with Crippen LogP contribution < -0.4 is 5.32 Å². The summed E-state index contributed by atoms with van der Waals surface area (Å²) in [5, 5.41) is 4.76. The van der Waals surface area contributed by atoms with Crippen molar-refractivity contribution < 1.29 is 4.74 Å². The number of ether oxygens (including phenoxy) is 1. The number of nitrogens with zero attached hydrogens (tertiary/aromatic N) is 1. The van der Waals surface area contributed by atoms with Gasteiger partial charge in [0, 0.05) is 18.9 Å². The first-order chi connectivity index (χ1) is 5.33. The Kier molecular flexibility index (Phi) is 3.72. The second kappa shape index (κ2) is 4.62. The van der Waals surface area contributed by atoms with Crippen molar-refractivity contribution in [3.05, 3.63) is 0 Å². The zero-order valence-electron chi connectivity index (χ0n) is 6.96. The fraction of sp³-hybridized carbons (Fsp3) is 0.857. The molecule has 0 saturated carbocycles. The largest absolute Gasteiger partial charge is 0.384 e. The Morgan fingerprint density at radius 1 is 1.82 bits per heavy atom. The topological polar surface area (TPSA) is 33.6 Å². The van der Waals surface area contributed by atoms with Crippen LogP contribution in [0.5, 0.6) is 0 Å². The average Bonchev–Trinajstić information content (AvgIpc) is 2.40. The number of rotatable bonds is 3. The third-order valence-corrected chi connectivity index (χ3v) is 2.39. The third kappa shape index (κ3) is 3.12. The van der Waals surface area contributed by atoms with E-state index in [1.54, 1.807) is 18.9 Å². The zero-order chi connectivity index (χ0) is 8.10. The summed E-state index contributed by atoms with van der Waals surface area (Å²) in [6, 6.07) is 0. The van der Waals surface area contributed by atoms with E-state index in [9.17, 15) is 0 Å². The van der Waals surface area contributed by atoms with E-state index in [1.807, 2.05) is 0 Å². The summed E-state index contributed by atoms with van der Waals surface area (Å²) in [5.41, 5.74) is 0. The zero-order valence-corrected chi connectivity index (χ0v) is 7.78. The van der Waals surface area contributed by atoms with Gasteiger partial charge in [-0.2, -0.15) is 0 Å². The van der Waals surface area contributed by atoms with Crippen LogP contribution in [0, 0.1) is 0 Å². The molecular weight excluding hydrogens is 160 g/mol. The van der Waals surface area contributed by atoms with E-state index in [4.69, 9.17) is 4.74 Å². The maximum Gasteiger partial charge on any atom is 0.157 e. The SMILES string of the molecule is COCC(C)SC1=NCCN1. The van der Waals surface area contributed by atoms with E-state index < -0.39 is 0 Å². The number of thioether (sulfide) groups is 1. The molecule has 1 aliphatic heterocycles. The standard InChI is InChI=1S/C7H14N2OS/c1-6(5-10-2)11-7-8-3-4-9-7/h6H,3-5H2,1-2H3,(H,8,9). The van der Waals surface area contributed by atoms with Gasteiger partial charge in [-0.05, 0) is 0 Å². The molecule has 1 rings (SSSR count). The summed E-state index contributed by atoms with van der Waals surface area (Å²) < 4.78 is 5.01. The molecule has 11 heavy (non-hydrogen) atoms. The molecule has 1 atom stereocenters. The molecule has 0 radical (unpaired) electrons. The van der Waals surface area contributed by atoms with Gasteiger partial charge in [-0.15, -0.1) is 0 Å². The lowest BCUT2D eigenvalue weighted by Gasteiger charge is -2.08. The van der Waals surface area contributed by atoms with Gasteiger partial charge >= 0.3 is 0 Å². The molecule has 0 aromatic carbocycles. The molecule has 0 aliphatic carbocycles. The molecule has 0 spiro atoms. The molecule has 0 amide bonds. The Morgan fingerprint density at radius 3 is 3.18 bits per heavy atom. The van der Waals surface area contributed by atoms with E-state index in [-0.39, 0.29) is 0 Å². The fourth-order valence-corrected chi connectivity index (χ4v) is 1.85. The van der Waals surface area contributed by atoms with E-state index in [0.29, 0.717) is 5.25 Å². The Hall–Kier alpha value is -0.220. The predicted molar refractivity (Wildman–Crippen MR) is 49.2 cm³/mol. The van der Waals surface area contributed by atoms with Crippen molar-refractivity contribution in [3.63, 3.8) is 0 Å². The summed E-state index contributed by atoms with van der Waals surface area (Å²) in [5.74, 6) is 0. The number of methoxy groups -OCH3 is 1. The van der Waals surface area contributed by atoms with Crippen LogP contribution in [0.15, 0.2) is 4.99 Å². The van der Waals surface area contributed by atoms with Crippen molar-refractivity contribution in [1.29, 1.82) is 0 Å². The summed E-state index contributed by atoms with van der Waals surface area (Å²) in [4.78, 5) is 4.27. The van der Waals surface area contributed by atoms with Crippen molar-refractivity contribution >= 4 is 16.9 Å². The van der Waals surface area contributed by atoms with Crippen LogP contribution in [0.4, 0.5) is 0 Å². The van der Waals surface area contributed by atoms with Gasteiger partial charge in [0.2, 0.25) is 0 Å². The lowest BCUT2D eigenvalue weighted by Crippen LogP contribution is -2.19. The molecule has 0 saturated heterocycles. The second-order valence-electron chi connectivity index (χ2n) is 2.50. The molecule has 1 aliphatic rings. The number of hydrogen-bond acceptors (Lipinski definition) is 4. The number of hydrogen-bond donors (Lipinski definition) is 1. The van der Waals surface area contributed by atoms with E-state index in [1.165, 1.54) is 0 Å². The second-order valence-corrected chi connectivity index (χ2v) is 3.92. The highest BCUT2D eigenvalue weighted by atomic mass is 32.2. The summed E-state index contributed by atoms with van der Waals surface area (Å²) in [6.07, 6.45) is 0. The van der Waals surface area contributed by atoms with Crippen LogP contribution in [0.25, 0.3) is 0 Å². The normalized spacial score (nSPS) is 19.3. The summed E-state index contributed by atoms with van der Waals surface area (Å²) >= 11 is 1.75. The van der Waals surface area contributed by atoms with Gasteiger partial charge in [-0.3, -0.25) is 4.99 Å². The van der Waals surface area contributed by atoms with Gasteiger partial charge in [0.05, 0.1) is 13.2 Å². The van der Waals surface area contributed by atoms with Gasteiger partial charge in [-0.25, -0.2) is 0 Å². The molecule has 0 fully saturated rings. The minimum atomic E-state index is 0.490. The maximum atomic E-state index is 5.01. The predicted octanol–water partition coefficient (Wildman–Crippen LogP) is 0.714. The van der Waals surface area contributed by atoms with Crippen LogP contribution in [-0.4, -0.2) is 37.2 Å². The van der Waals surface area contributed by atoms with Crippen molar-refractivity contribution in [2.75, 3.05) is 26.8 Å². The number of amidine groups is 1. The smallest absolute Gasteiger partial charge is 0.157 e. The Morgan fingerprint density at radius 2 is 2.64 bits per heavy atom. The lowest BCUT2D eigenvalue weighted by molar-refractivity contribution is 0.203. The molecule has 1 unspecified atom stereocenters. The monoisotopic (exact) mass is 174 g/mol. The Bertz CT molecular complexity index is 149. The quantitative estimate of drug-likeness (QED) is 0.684. The molecule has 0 aromatic heterocycles. The van der Waals surface area contributed by atoms with Crippen LogP contribution in [0.1, 0.15) is 6.92 Å². The third-order valence-electron chi connectivity index (χ3n) is 1.36. The average molecular weight is 174 g/mol. The fourth-order valence-electron chi connectivity index (χ4n) is 0.914. The van der Waals surface area contributed by atoms with Crippen molar-refractivity contribution in [2.24, 2.45) is 4.99 Å². The lowest BCUT2D eigenvalue weighted by atomic mass is 10.5. The Balaban J connectivity index is 2.18. The van der Waals surface area contributed by atoms with Gasteiger partial charge in [-0.1, -0.05) is 18.7 Å². The summed E-state index contributed by atoms with van der Waals surface area (Å²) in [7, 11) is 1.72. The van der Waals surface area contributed by atoms with Crippen LogP contribution in [-0.2, 0) is 4.74 Å². The molecule has 1 heterocycles. The van der Waals surface area contributed by atoms with Gasteiger partial charge in [0.15, 0.2) is 5.17 Å². The van der Waals surface area contributed by atoms with E-state index >= 15 is 0 Å². The van der Waals surface area contributed by atoms with Crippen molar-refractivity contribution in [3.8, 4) is 0 Å². The van der Waals surface area contributed by atoms with Gasteiger partial charge in [0.25, 0.3) is 0 Å². The Labute approximate surface area is 71.6 Å². The first kappa shape index (κ1) is 8.87. The van der Waals surface area contributed by atoms with E-state index in [2.05, 4.69) is 17.2 Å². The van der Waals surface area contributed by atoms with Gasteiger partial charge in [0.1, 0.15) is 0 Å². The minimum absolute atomic E-state index is 0.490. The van der Waals surface area contributed by atoms with Crippen molar-refractivity contribution in [2.45, 2.75) is 12.2 Å². The maximum absolute atomic E-state index is 5.01. The molecule has 1 N–H and O–H groups in total. The van der Waals surface area contributed by atoms with Crippen LogP contribution in [0.3, 0.4) is 0 Å². The molecule has 3 nitrogen and oxygen atoms in total. The van der Waals surface area contributed by atoms with Crippen LogP contribution in [0.2, 0.25) is 0 Å². The first-order valence-corrected chi connectivity index (χ1v) is 4.65. The highest BCUT2D eigenvalue weighted by Crippen LogP contribution is 2.12. The summed E-state index contributed by atoms with van der Waals surface area (Å²) in [6.45, 7) is 4.83. The highest BCUT2D eigenvalue weighted by Gasteiger charge is 2.10. The van der Waals surface area contributed by atoms with Crippen molar-refractivity contribution in [1.82, 2.24) is 5.32 Å².